The Balaban J connectivity index is 0.00000208. The summed E-state index contributed by atoms with van der Waals surface area (Å²) in [6.07, 6.45) is 6.91. The number of likely N-dealkylation sites (tertiary alicyclic amines) is 1. The van der Waals surface area contributed by atoms with E-state index in [0.717, 1.165) is 36.9 Å². The van der Waals surface area contributed by atoms with Crippen LogP contribution >= 0.6 is 24.0 Å². The van der Waals surface area contributed by atoms with Gasteiger partial charge in [0.15, 0.2) is 11.7 Å². The van der Waals surface area contributed by atoms with Crippen molar-refractivity contribution in [1.82, 2.24) is 24.9 Å². The molecule has 1 N–H and O–H groups in total. The molecule has 0 bridgehead atoms. The van der Waals surface area contributed by atoms with Gasteiger partial charge in [-0.2, -0.15) is 0 Å². The van der Waals surface area contributed by atoms with Crippen molar-refractivity contribution in [3.8, 4) is 0 Å². The Kier molecular flexibility index (Phi) is 6.64. The van der Waals surface area contributed by atoms with Crippen LogP contribution in [-0.4, -0.2) is 45.7 Å². The number of hydrogen-bond acceptors (Lipinski definition) is 4. The van der Waals surface area contributed by atoms with Crippen LogP contribution in [0.15, 0.2) is 34.3 Å². The zero-order chi connectivity index (χ0) is 16.2. The van der Waals surface area contributed by atoms with E-state index < -0.39 is 0 Å². The maximum Gasteiger partial charge on any atom is 0.194 e. The lowest BCUT2D eigenvalue weighted by atomic mass is 9.93. The van der Waals surface area contributed by atoms with Gasteiger partial charge in [-0.15, -0.1) is 24.0 Å². The highest BCUT2D eigenvalue weighted by atomic mass is 127. The molecule has 0 radical (unpaired) electrons. The predicted octanol–water partition coefficient (Wildman–Crippen LogP) is 2.46. The molecule has 0 spiro atoms. The van der Waals surface area contributed by atoms with E-state index in [4.69, 9.17) is 4.52 Å². The average Bonchev–Trinajstić information content (AvgIpc) is 3.21. The zero-order valence-corrected chi connectivity index (χ0v) is 16.7. The van der Waals surface area contributed by atoms with Gasteiger partial charge >= 0.3 is 0 Å². The van der Waals surface area contributed by atoms with Gasteiger partial charge in [0.05, 0.1) is 24.6 Å². The van der Waals surface area contributed by atoms with Crippen LogP contribution in [0.2, 0.25) is 0 Å². The minimum Gasteiger partial charge on any atom is -0.359 e. The van der Waals surface area contributed by atoms with Crippen LogP contribution in [-0.2, 0) is 6.54 Å². The molecule has 0 aromatic carbocycles. The Morgan fingerprint density at radius 3 is 2.96 bits per heavy atom. The smallest absolute Gasteiger partial charge is 0.194 e. The number of nitrogens with one attached hydrogen (secondary N) is 1. The third kappa shape index (κ3) is 4.28. The van der Waals surface area contributed by atoms with Gasteiger partial charge in [0, 0.05) is 38.6 Å². The van der Waals surface area contributed by atoms with E-state index >= 15 is 0 Å². The van der Waals surface area contributed by atoms with Crippen molar-refractivity contribution in [3.05, 3.63) is 36.2 Å². The van der Waals surface area contributed by atoms with Gasteiger partial charge in [0.1, 0.15) is 0 Å². The maximum absolute atomic E-state index is 5.25. The molecule has 0 saturated carbocycles. The van der Waals surface area contributed by atoms with Crippen LogP contribution in [0.25, 0.3) is 0 Å². The SMILES string of the molecule is CN=C(NCc1cc(C)no1)N1CCC(C)C(n2ccnc2)C1.I. The number of piperidine rings is 1. The second-order valence-corrected chi connectivity index (χ2v) is 6.12. The Morgan fingerprint density at radius 1 is 1.50 bits per heavy atom. The highest BCUT2D eigenvalue weighted by Gasteiger charge is 2.28. The number of aromatic nitrogens is 3. The molecule has 0 aliphatic carbocycles. The number of aliphatic imine (C=N–C) groups is 1. The summed E-state index contributed by atoms with van der Waals surface area (Å²) in [5.74, 6) is 2.34. The summed E-state index contributed by atoms with van der Waals surface area (Å²) in [4.78, 5) is 10.9. The first-order valence-electron chi connectivity index (χ1n) is 8.02. The Bertz CT molecular complexity index is 653. The van der Waals surface area contributed by atoms with Crippen LogP contribution in [0, 0.1) is 12.8 Å². The van der Waals surface area contributed by atoms with Gasteiger partial charge in [0.25, 0.3) is 0 Å². The molecule has 1 fully saturated rings. The van der Waals surface area contributed by atoms with E-state index in [1.165, 1.54) is 0 Å². The molecule has 8 heteroatoms. The quantitative estimate of drug-likeness (QED) is 0.448. The molecule has 1 saturated heterocycles. The Hall–Kier alpha value is -1.58. The monoisotopic (exact) mass is 444 g/mol. The number of guanidine groups is 1. The third-order valence-corrected chi connectivity index (χ3v) is 4.44. The molecule has 2 atom stereocenters. The number of hydrogen-bond donors (Lipinski definition) is 1. The zero-order valence-electron chi connectivity index (χ0n) is 14.3. The number of aryl methyl sites for hydroxylation is 1. The Morgan fingerprint density at radius 2 is 2.33 bits per heavy atom. The van der Waals surface area contributed by atoms with Crippen LogP contribution in [0.3, 0.4) is 0 Å². The number of nitrogens with zero attached hydrogens (tertiary/aromatic N) is 5. The van der Waals surface area contributed by atoms with Crippen molar-refractivity contribution in [1.29, 1.82) is 0 Å². The van der Waals surface area contributed by atoms with E-state index in [1.54, 1.807) is 0 Å². The molecule has 1 aliphatic rings. The molecule has 132 valence electrons. The highest BCUT2D eigenvalue weighted by molar-refractivity contribution is 14.0. The standard InChI is InChI=1S/C16H24N6O.HI/c1-12-4-6-21(10-15(12)22-7-5-18-11-22)16(17-3)19-9-14-8-13(2)20-23-14;/h5,7-8,11-12,15H,4,6,9-10H2,1-3H3,(H,17,19);1H. The Labute approximate surface area is 159 Å². The van der Waals surface area contributed by atoms with Gasteiger partial charge in [0.2, 0.25) is 0 Å². The minimum absolute atomic E-state index is 0. The number of rotatable bonds is 3. The van der Waals surface area contributed by atoms with Crippen LogP contribution in [0.5, 0.6) is 0 Å². The topological polar surface area (TPSA) is 71.5 Å². The maximum atomic E-state index is 5.25. The summed E-state index contributed by atoms with van der Waals surface area (Å²) in [6, 6.07) is 2.35. The van der Waals surface area contributed by atoms with E-state index in [2.05, 4.69) is 36.8 Å². The summed E-state index contributed by atoms with van der Waals surface area (Å²) in [7, 11) is 1.82. The summed E-state index contributed by atoms with van der Waals surface area (Å²) >= 11 is 0. The van der Waals surface area contributed by atoms with E-state index in [-0.39, 0.29) is 24.0 Å². The fraction of sp³-hybridized carbons (Fsp3) is 0.562. The molecular weight excluding hydrogens is 419 g/mol. The van der Waals surface area contributed by atoms with Crippen molar-refractivity contribution in [2.24, 2.45) is 10.9 Å². The number of halogens is 1. The first-order chi connectivity index (χ1) is 11.2. The fourth-order valence-electron chi connectivity index (χ4n) is 3.09. The van der Waals surface area contributed by atoms with Crippen molar-refractivity contribution < 1.29 is 4.52 Å². The van der Waals surface area contributed by atoms with Gasteiger partial charge in [-0.1, -0.05) is 12.1 Å². The molecule has 7 nitrogen and oxygen atoms in total. The summed E-state index contributed by atoms with van der Waals surface area (Å²) in [6.45, 7) is 6.74. The summed E-state index contributed by atoms with van der Waals surface area (Å²) < 4.78 is 7.44. The number of imidazole rings is 1. The van der Waals surface area contributed by atoms with Crippen molar-refractivity contribution in [3.63, 3.8) is 0 Å². The van der Waals surface area contributed by atoms with E-state index in [1.807, 2.05) is 38.8 Å². The fourth-order valence-corrected chi connectivity index (χ4v) is 3.09. The normalized spacial score (nSPS) is 21.5. The van der Waals surface area contributed by atoms with E-state index in [0.29, 0.717) is 18.5 Å². The van der Waals surface area contributed by atoms with Crippen LogP contribution < -0.4 is 5.32 Å². The van der Waals surface area contributed by atoms with Crippen LogP contribution in [0.4, 0.5) is 0 Å². The molecule has 3 heterocycles. The molecule has 1 aliphatic heterocycles. The predicted molar refractivity (Wildman–Crippen MR) is 103 cm³/mol. The summed E-state index contributed by atoms with van der Waals surface area (Å²) in [5, 5.41) is 7.28. The van der Waals surface area contributed by atoms with Crippen molar-refractivity contribution in [2.75, 3.05) is 20.1 Å². The lowest BCUT2D eigenvalue weighted by Gasteiger charge is -2.39. The van der Waals surface area contributed by atoms with Gasteiger partial charge in [-0.05, 0) is 19.3 Å². The first-order valence-corrected chi connectivity index (χ1v) is 8.02. The lowest BCUT2D eigenvalue weighted by Crippen LogP contribution is -2.48. The van der Waals surface area contributed by atoms with E-state index in [9.17, 15) is 0 Å². The average molecular weight is 444 g/mol. The van der Waals surface area contributed by atoms with Gasteiger partial charge < -0.3 is 19.3 Å². The second kappa shape index (κ2) is 8.50. The molecule has 24 heavy (non-hydrogen) atoms. The van der Waals surface area contributed by atoms with Crippen molar-refractivity contribution in [2.45, 2.75) is 32.9 Å². The summed E-state index contributed by atoms with van der Waals surface area (Å²) in [5.41, 5.74) is 0.892. The molecule has 2 aromatic rings. The lowest BCUT2D eigenvalue weighted by molar-refractivity contribution is 0.188. The highest BCUT2D eigenvalue weighted by Crippen LogP contribution is 2.27. The first kappa shape index (κ1) is 18.8. The molecule has 0 amide bonds. The third-order valence-electron chi connectivity index (χ3n) is 4.44. The van der Waals surface area contributed by atoms with Crippen LogP contribution in [0.1, 0.15) is 30.8 Å². The molecular formula is C16H25IN6O. The van der Waals surface area contributed by atoms with Gasteiger partial charge in [-0.25, -0.2) is 4.98 Å². The van der Waals surface area contributed by atoms with Gasteiger partial charge in [-0.3, -0.25) is 4.99 Å². The minimum atomic E-state index is 0. The molecule has 3 rings (SSSR count). The van der Waals surface area contributed by atoms with Crippen molar-refractivity contribution >= 4 is 29.9 Å². The largest absolute Gasteiger partial charge is 0.359 e. The molecule has 2 aromatic heterocycles. The molecule has 2 unspecified atom stereocenters. The second-order valence-electron chi connectivity index (χ2n) is 6.12.